The summed E-state index contributed by atoms with van der Waals surface area (Å²) in [4.78, 5) is 86.2. The van der Waals surface area contributed by atoms with Crippen molar-refractivity contribution < 1.29 is 39.4 Å². The number of hydrogen-bond donors (Lipinski definition) is 4. The number of nitrogens with one attached hydrogen (secondary N) is 4. The summed E-state index contributed by atoms with van der Waals surface area (Å²) in [5.41, 5.74) is 7.46. The molecule has 0 unspecified atom stereocenters. The number of nitro benzene ring substituents is 8. The van der Waals surface area contributed by atoms with E-state index in [0.717, 1.165) is 87.1 Å². The molecule has 0 bridgehead atoms. The molecule has 85 heavy (non-hydrogen) atoms. The van der Waals surface area contributed by atoms with Crippen LogP contribution in [0, 0.1) is 80.9 Å². The summed E-state index contributed by atoms with van der Waals surface area (Å²) >= 11 is -4.82. The molecule has 0 radical (unpaired) electrons. The molecule has 0 aliphatic heterocycles. The maximum atomic E-state index is 11.8. The zero-order valence-corrected chi connectivity index (χ0v) is 45.7. The molecule has 0 aromatic heterocycles. The molecule has 8 aromatic rings. The van der Waals surface area contributed by atoms with Crippen LogP contribution in [0.1, 0.15) is 22.3 Å². The Labute approximate surface area is 478 Å². The minimum absolute atomic E-state index is 0.121. The van der Waals surface area contributed by atoms with Crippen LogP contribution in [0.4, 0.5) is 68.2 Å². The van der Waals surface area contributed by atoms with E-state index < -0.39 is 103 Å². The number of nitrogens with zero attached hydrogens (tertiary/aromatic N) is 12. The second-order valence-electron chi connectivity index (χ2n) is 17.6. The fourth-order valence-electron chi connectivity index (χ4n) is 8.50. The fraction of sp³-hybridized carbons (Fsp3) is 0. The Balaban J connectivity index is 1.21. The van der Waals surface area contributed by atoms with Gasteiger partial charge in [-0.1, -0.05) is 0 Å². The van der Waals surface area contributed by atoms with Crippen LogP contribution in [0.25, 0.3) is 0 Å². The van der Waals surface area contributed by atoms with E-state index in [0.29, 0.717) is 22.3 Å². The first kappa shape index (κ1) is 58.8. The topological polar surface area (TPSA) is 443 Å². The molecule has 0 aliphatic rings. The molecule has 8 aromatic carbocycles. The molecule has 0 spiro atoms. The van der Waals surface area contributed by atoms with Crippen molar-refractivity contribution in [3.05, 3.63) is 273 Å². The first-order chi connectivity index (χ1) is 40.7. The number of benzene rings is 8. The molecular weight excluding hydrogens is 1220 g/mol. The first-order valence-electron chi connectivity index (χ1n) is 24.0. The summed E-state index contributed by atoms with van der Waals surface area (Å²) in [7, 11) is 0. The van der Waals surface area contributed by atoms with Gasteiger partial charge in [-0.3, -0.25) is 40.5 Å². The molecule has 0 saturated carbocycles. The fourth-order valence-corrected chi connectivity index (χ4v) is 21.8. The summed E-state index contributed by atoms with van der Waals surface area (Å²) < 4.78 is 3.28. The van der Waals surface area contributed by atoms with E-state index >= 15 is 0 Å². The molecule has 0 atom stereocenters. The average Bonchev–Trinajstić information content (AvgIpc) is 1.32. The predicted molar refractivity (Wildman–Crippen MR) is 314 cm³/mol. The molecule has 0 amide bonds. The summed E-state index contributed by atoms with van der Waals surface area (Å²) in [5.74, 6) is 0. The van der Waals surface area contributed by atoms with Gasteiger partial charge in [-0.05, 0) is 0 Å². The van der Waals surface area contributed by atoms with Gasteiger partial charge in [0.2, 0.25) is 0 Å². The summed E-state index contributed by atoms with van der Waals surface area (Å²) in [6.45, 7) is 0. The zero-order chi connectivity index (χ0) is 61.0. The van der Waals surface area contributed by atoms with E-state index in [1.165, 1.54) is 24.9 Å². The van der Waals surface area contributed by atoms with Crippen molar-refractivity contribution in [2.75, 3.05) is 21.7 Å². The van der Waals surface area contributed by atoms with E-state index in [1.807, 2.05) is 48.5 Å². The van der Waals surface area contributed by atoms with Gasteiger partial charge < -0.3 is 0 Å². The van der Waals surface area contributed by atoms with E-state index in [2.05, 4.69) is 42.1 Å². The van der Waals surface area contributed by atoms with Crippen LogP contribution in [-0.4, -0.2) is 82.6 Å². The standard InChI is InChI=1S/4C13H9N4O4.Sn/c4*18-16(19)11-6-7-12(13(8-11)17(20)21)15-14-9-10-4-2-1-3-5-10;/h4*2-9,15H;/b4*14-9+;. The molecule has 0 fully saturated rings. The van der Waals surface area contributed by atoms with Gasteiger partial charge in [-0.2, -0.15) is 0 Å². The third-order valence-electron chi connectivity index (χ3n) is 12.5. The minimum atomic E-state index is -4.82. The first-order valence-corrected chi connectivity index (χ1v) is 29.7. The summed E-state index contributed by atoms with van der Waals surface area (Å²) in [5, 5.41) is 109. The van der Waals surface area contributed by atoms with Crippen molar-refractivity contribution in [2.45, 2.75) is 0 Å². The number of nitro groups is 8. The zero-order valence-electron chi connectivity index (χ0n) is 42.9. The van der Waals surface area contributed by atoms with Gasteiger partial charge in [0.05, 0.1) is 0 Å². The van der Waals surface area contributed by atoms with Crippen LogP contribution >= 0.6 is 0 Å². The van der Waals surface area contributed by atoms with E-state index in [1.54, 1.807) is 48.5 Å². The molecule has 0 aliphatic carbocycles. The maximum absolute atomic E-state index is 11.8. The second kappa shape index (κ2) is 25.8. The quantitative estimate of drug-likeness (QED) is 0.0192. The van der Waals surface area contributed by atoms with Crippen LogP contribution in [0.3, 0.4) is 0 Å². The van der Waals surface area contributed by atoms with E-state index in [-0.39, 0.29) is 22.7 Å². The summed E-state index contributed by atoms with van der Waals surface area (Å²) in [6, 6.07) is 41.0. The van der Waals surface area contributed by atoms with Crippen molar-refractivity contribution in [1.29, 1.82) is 0 Å². The summed E-state index contributed by atoms with van der Waals surface area (Å²) in [6.07, 6.45) is 5.50. The average molecular weight is 1260 g/mol. The van der Waals surface area contributed by atoms with Crippen LogP contribution in [-0.2, 0) is 0 Å². The number of rotatable bonds is 24. The Morgan fingerprint density at radius 3 is 0.624 bits per heavy atom. The number of hydrazone groups is 4. The SMILES string of the molecule is O=[N+]([O-])c1ccc(N/N=C/c2cc[c]([Sn]([c]3ccc(/C=N/Nc4ccc([N+](=O)[O-])cc4[N+](=O)[O-])cc3)([c]3ccc(/C=N/Nc4ccc([N+](=O)[O-])cc4[N+](=O)[O-])cc3)[c]3ccc(/C=N/Nc4ccc([N+](=O)[O-])cc4[N+](=O)[O-])cc3)cc2)c([N+](=O)[O-])c1. The molecule has 424 valence electrons. The molecule has 0 heterocycles. The van der Waals surface area contributed by atoms with Gasteiger partial charge in [0.15, 0.2) is 0 Å². The van der Waals surface area contributed by atoms with E-state index in [4.69, 9.17) is 0 Å². The van der Waals surface area contributed by atoms with Crippen molar-refractivity contribution in [3.8, 4) is 0 Å². The van der Waals surface area contributed by atoms with Crippen molar-refractivity contribution in [1.82, 2.24) is 0 Å². The van der Waals surface area contributed by atoms with Gasteiger partial charge in [0, 0.05) is 0 Å². The van der Waals surface area contributed by atoms with Crippen LogP contribution in [0.2, 0.25) is 0 Å². The second-order valence-corrected chi connectivity index (χ2v) is 28.5. The molecular formula is C52H36N16O16Sn. The van der Waals surface area contributed by atoms with E-state index in [9.17, 15) is 80.9 Å². The Hall–Kier alpha value is -12.4. The van der Waals surface area contributed by atoms with Gasteiger partial charge >= 0.3 is 440 Å². The van der Waals surface area contributed by atoms with Crippen LogP contribution < -0.4 is 36.0 Å². The van der Waals surface area contributed by atoms with Gasteiger partial charge in [0.25, 0.3) is 0 Å². The van der Waals surface area contributed by atoms with Gasteiger partial charge in [-0.15, -0.1) is 0 Å². The third kappa shape index (κ3) is 13.6. The van der Waals surface area contributed by atoms with Gasteiger partial charge in [0.1, 0.15) is 0 Å². The Morgan fingerprint density at radius 2 is 0.459 bits per heavy atom. The molecule has 8 rings (SSSR count). The van der Waals surface area contributed by atoms with Crippen molar-refractivity contribution in [3.63, 3.8) is 0 Å². The molecule has 4 N–H and O–H groups in total. The van der Waals surface area contributed by atoms with Crippen LogP contribution in [0.5, 0.6) is 0 Å². The Morgan fingerprint density at radius 1 is 0.271 bits per heavy atom. The Bertz CT molecular complexity index is 3580. The van der Waals surface area contributed by atoms with Crippen molar-refractivity contribution >= 4 is 126 Å². The number of anilines is 4. The molecule has 32 nitrogen and oxygen atoms in total. The predicted octanol–water partition coefficient (Wildman–Crippen LogP) is 8.11. The molecule has 33 heteroatoms. The number of hydrogen-bond acceptors (Lipinski definition) is 24. The normalized spacial score (nSPS) is 11.4. The molecule has 0 saturated heterocycles. The third-order valence-corrected chi connectivity index (χ3v) is 26.2. The number of non-ortho nitro benzene ring substituents is 4. The monoisotopic (exact) mass is 1260 g/mol. The van der Waals surface area contributed by atoms with Crippen molar-refractivity contribution in [2.24, 2.45) is 20.4 Å². The Kier molecular flexibility index (Phi) is 17.9. The van der Waals surface area contributed by atoms with Crippen LogP contribution in [0.15, 0.2) is 190 Å². The van der Waals surface area contributed by atoms with Gasteiger partial charge in [-0.25, -0.2) is 0 Å².